The van der Waals surface area contributed by atoms with Crippen molar-refractivity contribution in [3.05, 3.63) is 6.92 Å². The predicted molar refractivity (Wildman–Crippen MR) is 40.4 cm³/mol. The summed E-state index contributed by atoms with van der Waals surface area (Å²) in [4.78, 5) is 10.5. The van der Waals surface area contributed by atoms with Gasteiger partial charge in [0.05, 0.1) is 5.91 Å². The van der Waals surface area contributed by atoms with E-state index in [1.807, 2.05) is 0 Å². The monoisotopic (exact) mass is 332 g/mol. The van der Waals surface area contributed by atoms with Gasteiger partial charge in [0.15, 0.2) is 0 Å². The number of hydrogen-bond donors (Lipinski definition) is 1. The van der Waals surface area contributed by atoms with Crippen molar-refractivity contribution in [3.63, 3.8) is 0 Å². The molecule has 3 heteroatoms. The van der Waals surface area contributed by atoms with Crippen LogP contribution in [0.1, 0.15) is 32.1 Å². The van der Waals surface area contributed by atoms with Crippen LogP contribution >= 0.6 is 0 Å². The van der Waals surface area contributed by atoms with Crippen LogP contribution in [0.2, 0.25) is 0 Å². The van der Waals surface area contributed by atoms with Gasteiger partial charge in [-0.3, -0.25) is 0 Å². The molecule has 0 saturated heterocycles. The zero-order valence-electron chi connectivity index (χ0n) is 6.58. The fraction of sp³-hybridized carbons (Fsp3) is 0.750. The third-order valence-electron chi connectivity index (χ3n) is 1.97. The van der Waals surface area contributed by atoms with E-state index in [1.165, 1.54) is 19.3 Å². The Morgan fingerprint density at radius 2 is 1.82 bits per heavy atom. The first kappa shape index (κ1) is 11.0. The van der Waals surface area contributed by atoms with E-state index in [0.717, 1.165) is 12.8 Å². The maximum atomic E-state index is 10.5. The van der Waals surface area contributed by atoms with E-state index >= 15 is 0 Å². The Hall–Kier alpha value is -0.0236. The molecule has 0 spiro atoms. The molecule has 0 aliphatic heterocycles. The van der Waals surface area contributed by atoms with Crippen molar-refractivity contribution in [2.45, 2.75) is 38.1 Å². The number of hydrogen-bond acceptors (Lipinski definition) is 1. The Kier molecular flexibility index (Phi) is 5.59. The largest absolute Gasteiger partial charge is 1.00 e. The number of amides is 1. The van der Waals surface area contributed by atoms with E-state index in [9.17, 15) is 4.79 Å². The van der Waals surface area contributed by atoms with Gasteiger partial charge in [0.2, 0.25) is 0 Å². The van der Waals surface area contributed by atoms with Crippen molar-refractivity contribution in [3.8, 4) is 0 Å². The second-order valence-electron chi connectivity index (χ2n) is 2.90. The molecule has 1 aliphatic carbocycles. The van der Waals surface area contributed by atoms with Crippen molar-refractivity contribution >= 4 is 5.91 Å². The minimum Gasteiger partial charge on any atom is -0.378 e. The summed E-state index contributed by atoms with van der Waals surface area (Å²) in [6.45, 7) is 3.28. The van der Waals surface area contributed by atoms with Crippen LogP contribution in [0.3, 0.4) is 0 Å². The Labute approximate surface area is 81.2 Å². The average molecular weight is 330 g/mol. The van der Waals surface area contributed by atoms with E-state index in [4.69, 9.17) is 0 Å². The van der Waals surface area contributed by atoms with Crippen LogP contribution in [0.15, 0.2) is 0 Å². The molecule has 2 nitrogen and oxygen atoms in total. The molecule has 65 valence electrons. The summed E-state index contributed by atoms with van der Waals surface area (Å²) in [5.74, 6) is -0.132. The summed E-state index contributed by atoms with van der Waals surface area (Å²) in [5.41, 5.74) is 0. The second-order valence-corrected chi connectivity index (χ2v) is 2.90. The molecule has 11 heavy (non-hydrogen) atoms. The van der Waals surface area contributed by atoms with Gasteiger partial charge in [-0.15, -0.1) is 0 Å². The van der Waals surface area contributed by atoms with E-state index in [-0.39, 0.29) is 25.7 Å². The number of carbonyl (C=O) groups excluding carboxylic acids is 1. The van der Waals surface area contributed by atoms with Crippen molar-refractivity contribution in [2.24, 2.45) is 0 Å². The second kappa shape index (κ2) is 5.60. The molecule has 1 rings (SSSR count). The fourth-order valence-corrected chi connectivity index (χ4v) is 1.47. The quantitative estimate of drug-likeness (QED) is 0.721. The minimum atomic E-state index is -0.132. The van der Waals surface area contributed by atoms with Crippen LogP contribution in [0.5, 0.6) is 0 Å². The molecule has 0 unspecified atom stereocenters. The van der Waals surface area contributed by atoms with Crippen LogP contribution in [-0.2, 0) is 24.6 Å². The molecular formula is C8H14NOOs. The van der Waals surface area contributed by atoms with Gasteiger partial charge in [-0.2, -0.15) is 0 Å². The van der Waals surface area contributed by atoms with Crippen LogP contribution in [-0.4, -0.2) is 11.9 Å². The van der Waals surface area contributed by atoms with E-state index in [2.05, 4.69) is 12.2 Å². The summed E-state index contributed by atoms with van der Waals surface area (Å²) in [5, 5.41) is 2.83. The SMILES string of the molecule is [CH2-]C(=O)NC1CCCCC1.[Os+]. The Bertz CT molecular complexity index is 121. The van der Waals surface area contributed by atoms with E-state index in [1.54, 1.807) is 0 Å². The zero-order chi connectivity index (χ0) is 7.40. The standard InChI is InChI=1S/C8H14NO.Os/c1-7(10)9-8-5-3-2-4-6-8;/h8H,1-6H2,(H,9,10);/q-1;+1. The smallest absolute Gasteiger partial charge is 0.378 e. The molecule has 1 radical (unpaired) electrons. The van der Waals surface area contributed by atoms with Crippen LogP contribution < -0.4 is 5.32 Å². The number of rotatable bonds is 1. The predicted octanol–water partition coefficient (Wildman–Crippen LogP) is 1.27. The first-order valence-corrected chi connectivity index (χ1v) is 3.91. The summed E-state index contributed by atoms with van der Waals surface area (Å²) in [7, 11) is 0. The minimum absolute atomic E-state index is 0. The zero-order valence-corrected chi connectivity index (χ0v) is 9.12. The van der Waals surface area contributed by atoms with Gasteiger partial charge in [-0.1, -0.05) is 19.3 Å². The molecule has 0 atom stereocenters. The van der Waals surface area contributed by atoms with Crippen LogP contribution in [0.4, 0.5) is 0 Å². The van der Waals surface area contributed by atoms with Gasteiger partial charge in [0.1, 0.15) is 0 Å². The van der Waals surface area contributed by atoms with Crippen LogP contribution in [0.25, 0.3) is 0 Å². The Morgan fingerprint density at radius 3 is 2.27 bits per heavy atom. The normalized spacial score (nSPS) is 18.5. The molecule has 0 aromatic rings. The molecule has 0 bridgehead atoms. The Morgan fingerprint density at radius 1 is 1.27 bits per heavy atom. The summed E-state index contributed by atoms with van der Waals surface area (Å²) >= 11 is 0. The molecule has 0 aromatic heterocycles. The van der Waals surface area contributed by atoms with Crippen molar-refractivity contribution < 1.29 is 24.6 Å². The molecule has 0 heterocycles. The maximum absolute atomic E-state index is 10.5. The van der Waals surface area contributed by atoms with Crippen molar-refractivity contribution in [2.75, 3.05) is 0 Å². The maximum Gasteiger partial charge on any atom is 1.00 e. The van der Waals surface area contributed by atoms with Gasteiger partial charge in [0, 0.05) is 6.04 Å². The molecule has 0 aromatic carbocycles. The van der Waals surface area contributed by atoms with Crippen molar-refractivity contribution in [1.82, 2.24) is 5.32 Å². The van der Waals surface area contributed by atoms with E-state index < -0.39 is 0 Å². The first-order chi connectivity index (χ1) is 4.79. The van der Waals surface area contributed by atoms with Gasteiger partial charge < -0.3 is 17.0 Å². The molecule has 1 amide bonds. The van der Waals surface area contributed by atoms with Gasteiger partial charge in [-0.25, -0.2) is 0 Å². The average Bonchev–Trinajstić information content (AvgIpc) is 1.88. The summed E-state index contributed by atoms with van der Waals surface area (Å²) in [6.07, 6.45) is 6.11. The van der Waals surface area contributed by atoms with Crippen LogP contribution in [0, 0.1) is 6.92 Å². The Balaban J connectivity index is 0.000001000. The summed E-state index contributed by atoms with van der Waals surface area (Å²) in [6, 6.07) is 0.416. The number of nitrogens with one attached hydrogen (secondary N) is 1. The van der Waals surface area contributed by atoms with Gasteiger partial charge >= 0.3 is 19.8 Å². The fourth-order valence-electron chi connectivity index (χ4n) is 1.47. The molecule has 1 saturated carbocycles. The first-order valence-electron chi connectivity index (χ1n) is 3.91. The van der Waals surface area contributed by atoms with Gasteiger partial charge in [0.25, 0.3) is 0 Å². The number of carbonyl (C=O) groups is 1. The molecule has 1 fully saturated rings. The van der Waals surface area contributed by atoms with Crippen molar-refractivity contribution in [1.29, 1.82) is 0 Å². The molecular weight excluding hydrogens is 316 g/mol. The molecule has 1 aliphatic rings. The summed E-state index contributed by atoms with van der Waals surface area (Å²) < 4.78 is 0. The third kappa shape index (κ3) is 4.43. The van der Waals surface area contributed by atoms with Gasteiger partial charge in [-0.05, 0) is 12.8 Å². The molecule has 1 N–H and O–H groups in total. The third-order valence-corrected chi connectivity index (χ3v) is 1.97. The topological polar surface area (TPSA) is 29.1 Å². The van der Waals surface area contributed by atoms with E-state index in [0.29, 0.717) is 6.04 Å².